The first kappa shape index (κ1) is 23.3. The van der Waals surface area contributed by atoms with Crippen LogP contribution in [0.15, 0.2) is 53.4 Å². The summed E-state index contributed by atoms with van der Waals surface area (Å²) in [6.07, 6.45) is 0.557. The number of benzene rings is 2. The minimum Gasteiger partial charge on any atom is -0.352 e. The average molecular weight is 433 g/mol. The second kappa shape index (κ2) is 11.3. The summed E-state index contributed by atoms with van der Waals surface area (Å²) in [5.41, 5.74) is 2.15. The molecule has 0 unspecified atom stereocenters. The van der Waals surface area contributed by atoms with Crippen LogP contribution in [0.3, 0.4) is 0 Å². The molecule has 0 aliphatic heterocycles. The number of nitrogens with zero attached hydrogens (tertiary/aromatic N) is 1. The first-order valence-electron chi connectivity index (χ1n) is 9.84. The molecule has 0 fully saturated rings. The van der Waals surface area contributed by atoms with Crippen molar-refractivity contribution in [1.29, 1.82) is 0 Å². The molecule has 0 radical (unpaired) electrons. The Kier molecular flexibility index (Phi) is 9.05. The quantitative estimate of drug-likeness (QED) is 0.562. The maximum Gasteiger partial charge on any atom is 0.243 e. The smallest absolute Gasteiger partial charge is 0.243 e. The topological polar surface area (TPSA) is 49.4 Å². The van der Waals surface area contributed by atoms with Crippen molar-refractivity contribution in [3.05, 3.63) is 64.7 Å². The highest BCUT2D eigenvalue weighted by molar-refractivity contribution is 8.00. The van der Waals surface area contributed by atoms with Gasteiger partial charge in [-0.25, -0.2) is 0 Å². The number of hydrogen-bond acceptors (Lipinski definition) is 3. The van der Waals surface area contributed by atoms with Gasteiger partial charge in [-0.2, -0.15) is 0 Å². The van der Waals surface area contributed by atoms with Crippen molar-refractivity contribution in [2.75, 3.05) is 5.75 Å². The van der Waals surface area contributed by atoms with Gasteiger partial charge in [0.1, 0.15) is 6.04 Å². The summed E-state index contributed by atoms with van der Waals surface area (Å²) in [5.74, 6) is 0.0936. The van der Waals surface area contributed by atoms with E-state index in [0.29, 0.717) is 18.0 Å². The first-order chi connectivity index (χ1) is 13.8. The van der Waals surface area contributed by atoms with Gasteiger partial charge in [-0.3, -0.25) is 9.59 Å². The molecule has 2 amide bonds. The number of carbonyl (C=O) groups is 2. The molecule has 0 saturated heterocycles. The molecular weight excluding hydrogens is 404 g/mol. The van der Waals surface area contributed by atoms with E-state index in [4.69, 9.17) is 11.6 Å². The van der Waals surface area contributed by atoms with Crippen LogP contribution in [-0.2, 0) is 16.1 Å². The molecule has 2 rings (SSSR count). The van der Waals surface area contributed by atoms with Gasteiger partial charge in [0, 0.05) is 22.5 Å². The number of carbonyl (C=O) groups excluding carboxylic acids is 2. The van der Waals surface area contributed by atoms with E-state index < -0.39 is 6.04 Å². The number of thioether (sulfide) groups is 1. The van der Waals surface area contributed by atoms with Crippen molar-refractivity contribution in [3.8, 4) is 0 Å². The molecular formula is C23H29ClN2O2S. The molecule has 0 aromatic heterocycles. The van der Waals surface area contributed by atoms with E-state index in [9.17, 15) is 9.59 Å². The van der Waals surface area contributed by atoms with Gasteiger partial charge in [0.05, 0.1) is 5.75 Å². The fraction of sp³-hybridized carbons (Fsp3) is 0.391. The van der Waals surface area contributed by atoms with Gasteiger partial charge >= 0.3 is 0 Å². The third-order valence-electron chi connectivity index (χ3n) is 4.43. The summed E-state index contributed by atoms with van der Waals surface area (Å²) in [5, 5.41) is 3.62. The standard InChI is InChI=1S/C23H29ClN2O2S/c1-5-21(23(28)25-16(2)3)26(14-18-8-6-7-17(4)13-18)22(27)15-29-20-11-9-19(24)10-12-20/h6-13,16,21H,5,14-15H2,1-4H3,(H,25,28)/t21-/m0/s1. The summed E-state index contributed by atoms with van der Waals surface area (Å²) in [4.78, 5) is 28.6. The van der Waals surface area contributed by atoms with E-state index in [1.807, 2.05) is 70.2 Å². The summed E-state index contributed by atoms with van der Waals surface area (Å²) < 4.78 is 0. The average Bonchev–Trinajstić information content (AvgIpc) is 2.66. The lowest BCUT2D eigenvalue weighted by Crippen LogP contribution is -2.50. The minimum absolute atomic E-state index is 0.0240. The predicted molar refractivity (Wildman–Crippen MR) is 121 cm³/mol. The number of aryl methyl sites for hydroxylation is 1. The maximum atomic E-state index is 13.2. The number of nitrogens with one attached hydrogen (secondary N) is 1. The van der Waals surface area contributed by atoms with Crippen LogP contribution in [0.2, 0.25) is 5.02 Å². The minimum atomic E-state index is -0.503. The summed E-state index contributed by atoms with van der Waals surface area (Å²) in [6, 6.07) is 15.0. The van der Waals surface area contributed by atoms with E-state index >= 15 is 0 Å². The van der Waals surface area contributed by atoms with E-state index in [1.165, 1.54) is 11.8 Å². The Hall–Kier alpha value is -1.98. The predicted octanol–water partition coefficient (Wildman–Crippen LogP) is 5.07. The van der Waals surface area contributed by atoms with E-state index in [1.54, 1.807) is 4.90 Å². The summed E-state index contributed by atoms with van der Waals surface area (Å²) in [7, 11) is 0. The third kappa shape index (κ3) is 7.41. The molecule has 1 N–H and O–H groups in total. The van der Waals surface area contributed by atoms with Crippen LogP contribution in [0.4, 0.5) is 0 Å². The van der Waals surface area contributed by atoms with Crippen LogP contribution in [0, 0.1) is 6.92 Å². The van der Waals surface area contributed by atoms with Crippen LogP contribution >= 0.6 is 23.4 Å². The van der Waals surface area contributed by atoms with Crippen molar-refractivity contribution in [3.63, 3.8) is 0 Å². The number of halogens is 1. The van der Waals surface area contributed by atoms with Gasteiger partial charge in [-0.05, 0) is 57.0 Å². The Morgan fingerprint density at radius 2 is 1.83 bits per heavy atom. The highest BCUT2D eigenvalue weighted by Gasteiger charge is 2.28. The van der Waals surface area contributed by atoms with Crippen LogP contribution in [-0.4, -0.2) is 34.6 Å². The van der Waals surface area contributed by atoms with Crippen molar-refractivity contribution >= 4 is 35.2 Å². The molecule has 2 aromatic rings. The Morgan fingerprint density at radius 3 is 2.41 bits per heavy atom. The molecule has 0 spiro atoms. The molecule has 0 heterocycles. The lowest BCUT2D eigenvalue weighted by molar-refractivity contribution is -0.139. The van der Waals surface area contributed by atoms with Crippen LogP contribution in [0.25, 0.3) is 0 Å². The van der Waals surface area contributed by atoms with Crippen molar-refractivity contribution in [1.82, 2.24) is 10.2 Å². The molecule has 1 atom stereocenters. The van der Waals surface area contributed by atoms with Crippen LogP contribution in [0.1, 0.15) is 38.3 Å². The first-order valence-corrected chi connectivity index (χ1v) is 11.2. The Labute approximate surface area is 183 Å². The van der Waals surface area contributed by atoms with E-state index in [0.717, 1.165) is 16.0 Å². The van der Waals surface area contributed by atoms with Gasteiger partial charge in [-0.15, -0.1) is 11.8 Å². The van der Waals surface area contributed by atoms with Crippen molar-refractivity contribution in [2.24, 2.45) is 0 Å². The zero-order valence-corrected chi connectivity index (χ0v) is 19.0. The highest BCUT2D eigenvalue weighted by Crippen LogP contribution is 2.22. The zero-order chi connectivity index (χ0) is 21.4. The molecule has 2 aromatic carbocycles. The molecule has 156 valence electrons. The van der Waals surface area contributed by atoms with Crippen molar-refractivity contribution < 1.29 is 9.59 Å². The second-order valence-electron chi connectivity index (χ2n) is 7.34. The molecule has 4 nitrogen and oxygen atoms in total. The lowest BCUT2D eigenvalue weighted by Gasteiger charge is -2.31. The Bertz CT molecular complexity index is 824. The monoisotopic (exact) mass is 432 g/mol. The fourth-order valence-corrected chi connectivity index (χ4v) is 3.98. The number of rotatable bonds is 9. The summed E-state index contributed by atoms with van der Waals surface area (Å²) >= 11 is 7.39. The van der Waals surface area contributed by atoms with Crippen molar-refractivity contribution in [2.45, 2.75) is 57.6 Å². The molecule has 0 aliphatic rings. The van der Waals surface area contributed by atoms with E-state index in [-0.39, 0.29) is 23.6 Å². The molecule has 0 aliphatic carbocycles. The summed E-state index contributed by atoms with van der Waals surface area (Å²) in [6.45, 7) is 8.22. The van der Waals surface area contributed by atoms with Gasteiger partial charge in [0.25, 0.3) is 0 Å². The number of hydrogen-bond donors (Lipinski definition) is 1. The van der Waals surface area contributed by atoms with Gasteiger partial charge < -0.3 is 10.2 Å². The third-order valence-corrected chi connectivity index (χ3v) is 5.68. The lowest BCUT2D eigenvalue weighted by atomic mass is 10.1. The number of amides is 2. The van der Waals surface area contributed by atoms with Crippen LogP contribution in [0.5, 0.6) is 0 Å². The highest BCUT2D eigenvalue weighted by atomic mass is 35.5. The zero-order valence-electron chi connectivity index (χ0n) is 17.4. The molecule has 29 heavy (non-hydrogen) atoms. The Balaban J connectivity index is 2.20. The molecule has 0 saturated carbocycles. The largest absolute Gasteiger partial charge is 0.352 e. The molecule has 0 bridgehead atoms. The van der Waals surface area contributed by atoms with Crippen LogP contribution < -0.4 is 5.32 Å². The van der Waals surface area contributed by atoms with Gasteiger partial charge in [0.2, 0.25) is 11.8 Å². The van der Waals surface area contributed by atoms with Gasteiger partial charge in [-0.1, -0.05) is 48.4 Å². The second-order valence-corrected chi connectivity index (χ2v) is 8.83. The molecule has 6 heteroatoms. The van der Waals surface area contributed by atoms with E-state index in [2.05, 4.69) is 11.4 Å². The van der Waals surface area contributed by atoms with Gasteiger partial charge in [0.15, 0.2) is 0 Å². The Morgan fingerprint density at radius 1 is 1.14 bits per heavy atom. The SMILES string of the molecule is CC[C@@H](C(=O)NC(C)C)N(Cc1cccc(C)c1)C(=O)CSc1ccc(Cl)cc1. The fourth-order valence-electron chi connectivity index (χ4n) is 3.07. The maximum absolute atomic E-state index is 13.2. The normalized spacial score (nSPS) is 11.9.